The van der Waals surface area contributed by atoms with Crippen molar-refractivity contribution < 1.29 is 4.79 Å². The van der Waals surface area contributed by atoms with E-state index in [9.17, 15) is 4.79 Å². The molecule has 1 heterocycles. The van der Waals surface area contributed by atoms with E-state index in [1.54, 1.807) is 0 Å². The summed E-state index contributed by atoms with van der Waals surface area (Å²) in [6.45, 7) is 0.424. The van der Waals surface area contributed by atoms with Gasteiger partial charge in [-0.1, -0.05) is 78.3 Å². The monoisotopic (exact) mass is 415 g/mol. The van der Waals surface area contributed by atoms with Gasteiger partial charge >= 0.3 is 0 Å². The van der Waals surface area contributed by atoms with Gasteiger partial charge in [-0.2, -0.15) is 5.10 Å². The lowest BCUT2D eigenvalue weighted by Crippen LogP contribution is -2.23. The van der Waals surface area contributed by atoms with Crippen LogP contribution in [0.2, 0.25) is 5.02 Å². The van der Waals surface area contributed by atoms with Gasteiger partial charge in [-0.25, -0.2) is 4.68 Å². The van der Waals surface area contributed by atoms with E-state index < -0.39 is 0 Å². The third-order valence-corrected chi connectivity index (χ3v) is 5.28. The molecule has 0 aliphatic heterocycles. The number of nitrogens with zero attached hydrogens (tertiary/aromatic N) is 2. The van der Waals surface area contributed by atoms with Gasteiger partial charge in [-0.15, -0.1) is 0 Å². The third-order valence-electron chi connectivity index (χ3n) is 4.91. The van der Waals surface area contributed by atoms with E-state index in [0.29, 0.717) is 24.4 Å². The summed E-state index contributed by atoms with van der Waals surface area (Å²) < 4.78 is 1.87. The summed E-state index contributed by atoms with van der Waals surface area (Å²) in [5, 5.41) is 8.42. The fourth-order valence-electron chi connectivity index (χ4n) is 3.32. The first kappa shape index (κ1) is 19.9. The summed E-state index contributed by atoms with van der Waals surface area (Å²) in [6, 6.07) is 27.6. The van der Waals surface area contributed by atoms with Crippen LogP contribution in [0.4, 0.5) is 0 Å². The van der Waals surface area contributed by atoms with Crippen LogP contribution in [0.3, 0.4) is 0 Å². The van der Waals surface area contributed by atoms with Gasteiger partial charge in [0.05, 0.1) is 11.4 Å². The number of para-hydroxylation sites is 1. The molecule has 0 aliphatic rings. The van der Waals surface area contributed by atoms with Gasteiger partial charge in [0.25, 0.3) is 0 Å². The second-order valence-corrected chi connectivity index (χ2v) is 7.42. The van der Waals surface area contributed by atoms with Crippen molar-refractivity contribution in [3.05, 3.63) is 107 Å². The number of benzene rings is 3. The number of aryl methyl sites for hydroxylation is 1. The number of hydrogen-bond acceptors (Lipinski definition) is 2. The Morgan fingerprint density at radius 2 is 1.53 bits per heavy atom. The molecule has 150 valence electrons. The second kappa shape index (κ2) is 9.42. The topological polar surface area (TPSA) is 46.9 Å². The Bertz CT molecular complexity index is 1120. The molecule has 0 spiro atoms. The molecule has 1 aromatic heterocycles. The molecule has 0 unspecified atom stereocenters. The fraction of sp³-hybridized carbons (Fsp3) is 0.120. The maximum absolute atomic E-state index is 12.4. The highest BCUT2D eigenvalue weighted by Gasteiger charge is 2.14. The smallest absolute Gasteiger partial charge is 0.220 e. The van der Waals surface area contributed by atoms with Crippen molar-refractivity contribution in [1.82, 2.24) is 15.1 Å². The number of halogens is 1. The molecule has 0 bridgehead atoms. The SMILES string of the molecule is O=C(CCc1cn(-c2ccccc2)nc1-c1ccccc1)NCc1ccccc1Cl. The molecule has 0 atom stereocenters. The van der Waals surface area contributed by atoms with E-state index in [1.807, 2.05) is 95.8 Å². The summed E-state index contributed by atoms with van der Waals surface area (Å²) >= 11 is 6.17. The number of amides is 1. The predicted octanol–water partition coefficient (Wildman–Crippen LogP) is 5.44. The number of hydrogen-bond donors (Lipinski definition) is 1. The standard InChI is InChI=1S/C25H22ClN3O/c26-23-14-8-7-11-20(23)17-27-24(30)16-15-21-18-29(22-12-5-2-6-13-22)28-25(21)19-9-3-1-4-10-19/h1-14,18H,15-17H2,(H,27,30). The van der Waals surface area contributed by atoms with Gasteiger partial charge in [-0.3, -0.25) is 4.79 Å². The molecule has 0 aliphatic carbocycles. The largest absolute Gasteiger partial charge is 0.352 e. The zero-order valence-electron chi connectivity index (χ0n) is 16.5. The zero-order valence-corrected chi connectivity index (χ0v) is 17.2. The maximum atomic E-state index is 12.4. The number of nitrogens with one attached hydrogen (secondary N) is 1. The minimum absolute atomic E-state index is 0.0126. The first-order valence-electron chi connectivity index (χ1n) is 9.90. The molecule has 0 fully saturated rings. The van der Waals surface area contributed by atoms with Crippen molar-refractivity contribution in [1.29, 1.82) is 0 Å². The lowest BCUT2D eigenvalue weighted by atomic mass is 10.0. The first-order chi connectivity index (χ1) is 14.7. The van der Waals surface area contributed by atoms with Gasteiger partial charge in [0.2, 0.25) is 5.91 Å². The summed E-state index contributed by atoms with van der Waals surface area (Å²) in [4.78, 5) is 12.4. The molecule has 30 heavy (non-hydrogen) atoms. The molecule has 1 N–H and O–H groups in total. The molecule has 0 saturated carbocycles. The van der Waals surface area contributed by atoms with Crippen LogP contribution >= 0.6 is 11.6 Å². The summed E-state index contributed by atoms with van der Waals surface area (Å²) in [6.07, 6.45) is 3.00. The van der Waals surface area contributed by atoms with Crippen LogP contribution in [0.15, 0.2) is 91.1 Å². The molecular formula is C25H22ClN3O. The van der Waals surface area contributed by atoms with Gasteiger partial charge in [0.1, 0.15) is 0 Å². The molecule has 3 aromatic carbocycles. The molecule has 5 heteroatoms. The number of aromatic nitrogens is 2. The van der Waals surface area contributed by atoms with Crippen molar-refractivity contribution in [3.8, 4) is 16.9 Å². The quantitative estimate of drug-likeness (QED) is 0.436. The average molecular weight is 416 g/mol. The molecular weight excluding hydrogens is 394 g/mol. The van der Waals surface area contributed by atoms with E-state index in [4.69, 9.17) is 16.7 Å². The zero-order chi connectivity index (χ0) is 20.8. The van der Waals surface area contributed by atoms with Crippen molar-refractivity contribution in [2.75, 3.05) is 0 Å². The van der Waals surface area contributed by atoms with Crippen LogP contribution < -0.4 is 5.32 Å². The Hall–Kier alpha value is -3.37. The van der Waals surface area contributed by atoms with Gasteiger partial charge in [-0.05, 0) is 35.7 Å². The molecule has 4 rings (SSSR count). The molecule has 4 aromatic rings. The predicted molar refractivity (Wildman–Crippen MR) is 121 cm³/mol. The van der Waals surface area contributed by atoms with Crippen LogP contribution in [0, 0.1) is 0 Å². The van der Waals surface area contributed by atoms with Gasteiger partial charge in [0, 0.05) is 29.7 Å². The van der Waals surface area contributed by atoms with Crippen molar-refractivity contribution >= 4 is 17.5 Å². The van der Waals surface area contributed by atoms with E-state index in [0.717, 1.165) is 28.1 Å². The Morgan fingerprint density at radius 1 is 0.867 bits per heavy atom. The van der Waals surface area contributed by atoms with E-state index in [1.165, 1.54) is 0 Å². The number of carbonyl (C=O) groups is 1. The molecule has 1 amide bonds. The second-order valence-electron chi connectivity index (χ2n) is 7.02. The van der Waals surface area contributed by atoms with Crippen LogP contribution in [0.5, 0.6) is 0 Å². The number of rotatable bonds is 7. The van der Waals surface area contributed by atoms with E-state index >= 15 is 0 Å². The third kappa shape index (κ3) is 4.78. The Morgan fingerprint density at radius 3 is 2.27 bits per heavy atom. The molecule has 0 saturated heterocycles. The van der Waals surface area contributed by atoms with Crippen LogP contribution in [0.1, 0.15) is 17.5 Å². The van der Waals surface area contributed by atoms with Gasteiger partial charge < -0.3 is 5.32 Å². The highest BCUT2D eigenvalue weighted by Crippen LogP contribution is 2.24. The highest BCUT2D eigenvalue weighted by atomic mass is 35.5. The summed E-state index contributed by atoms with van der Waals surface area (Å²) in [5.41, 5.74) is 4.88. The van der Waals surface area contributed by atoms with Gasteiger partial charge in [0.15, 0.2) is 0 Å². The van der Waals surface area contributed by atoms with Crippen molar-refractivity contribution in [2.45, 2.75) is 19.4 Å². The minimum atomic E-state index is -0.0126. The highest BCUT2D eigenvalue weighted by molar-refractivity contribution is 6.31. The van der Waals surface area contributed by atoms with Crippen LogP contribution in [-0.4, -0.2) is 15.7 Å². The Kier molecular flexibility index (Phi) is 6.26. The normalized spacial score (nSPS) is 10.7. The average Bonchev–Trinajstić information content (AvgIpc) is 3.23. The fourth-order valence-corrected chi connectivity index (χ4v) is 3.52. The summed E-state index contributed by atoms with van der Waals surface area (Å²) in [5.74, 6) is -0.0126. The maximum Gasteiger partial charge on any atom is 0.220 e. The minimum Gasteiger partial charge on any atom is -0.352 e. The lowest BCUT2D eigenvalue weighted by molar-refractivity contribution is -0.121. The van der Waals surface area contributed by atoms with Crippen molar-refractivity contribution in [3.63, 3.8) is 0 Å². The number of carbonyl (C=O) groups excluding carboxylic acids is 1. The molecule has 0 radical (unpaired) electrons. The Labute approximate surface area is 181 Å². The van der Waals surface area contributed by atoms with E-state index in [2.05, 4.69) is 5.32 Å². The summed E-state index contributed by atoms with van der Waals surface area (Å²) in [7, 11) is 0. The van der Waals surface area contributed by atoms with Crippen molar-refractivity contribution in [2.24, 2.45) is 0 Å². The first-order valence-corrected chi connectivity index (χ1v) is 10.3. The van der Waals surface area contributed by atoms with Crippen LogP contribution in [0.25, 0.3) is 16.9 Å². The molecule has 4 nitrogen and oxygen atoms in total. The van der Waals surface area contributed by atoms with E-state index in [-0.39, 0.29) is 5.91 Å². The van der Waals surface area contributed by atoms with Crippen LogP contribution in [-0.2, 0) is 17.8 Å². The lowest BCUT2D eigenvalue weighted by Gasteiger charge is -2.07. The Balaban J connectivity index is 1.49.